The number of anilines is 1. The van der Waals surface area contributed by atoms with Crippen LogP contribution in [0.2, 0.25) is 0 Å². The van der Waals surface area contributed by atoms with E-state index < -0.39 is 0 Å². The van der Waals surface area contributed by atoms with Crippen LogP contribution in [-0.4, -0.2) is 48.7 Å². The molecule has 7 heteroatoms. The van der Waals surface area contributed by atoms with Gasteiger partial charge in [-0.1, -0.05) is 5.16 Å². The topological polar surface area (TPSA) is 70.4 Å². The molecule has 0 aliphatic carbocycles. The fourth-order valence-electron chi connectivity index (χ4n) is 2.40. The van der Waals surface area contributed by atoms with E-state index in [1.807, 2.05) is 14.0 Å². The third-order valence-electron chi connectivity index (χ3n) is 3.45. The van der Waals surface area contributed by atoms with Crippen molar-refractivity contribution in [3.63, 3.8) is 0 Å². The predicted molar refractivity (Wildman–Crippen MR) is 80.3 cm³/mol. The fraction of sp³-hybridized carbons (Fsp3) is 0.692. The number of hydrogen-bond donors (Lipinski definition) is 2. The van der Waals surface area contributed by atoms with Crippen molar-refractivity contribution < 1.29 is 9.32 Å². The van der Waals surface area contributed by atoms with Gasteiger partial charge >= 0.3 is 0 Å². The molecular weight excluding hydrogens is 280 g/mol. The van der Waals surface area contributed by atoms with Gasteiger partial charge in [0, 0.05) is 12.1 Å². The van der Waals surface area contributed by atoms with E-state index in [2.05, 4.69) is 20.7 Å². The van der Waals surface area contributed by atoms with Crippen molar-refractivity contribution in [1.82, 2.24) is 15.4 Å². The lowest BCUT2D eigenvalue weighted by Crippen LogP contribution is -2.38. The predicted octanol–water partition coefficient (Wildman–Crippen LogP) is 1.42. The van der Waals surface area contributed by atoms with Crippen LogP contribution in [0.1, 0.15) is 25.0 Å². The molecule has 0 saturated carbocycles. The molecule has 2 N–H and O–H groups in total. The highest BCUT2D eigenvalue weighted by Gasteiger charge is 2.19. The number of carbonyl (C=O) groups excluding carboxylic acids is 1. The average molecular weight is 303 g/mol. The lowest BCUT2D eigenvalue weighted by molar-refractivity contribution is -0.117. The zero-order valence-electron chi connectivity index (χ0n) is 12.0. The Kier molecular flexibility index (Phi) is 6.98. The lowest BCUT2D eigenvalue weighted by Gasteiger charge is -2.25. The molecule has 2 rings (SSSR count). The number of nitrogens with one attached hydrogen (secondary N) is 2. The first-order valence-electron chi connectivity index (χ1n) is 6.79. The van der Waals surface area contributed by atoms with Crippen LogP contribution in [0, 0.1) is 6.92 Å². The molecule has 0 radical (unpaired) electrons. The van der Waals surface area contributed by atoms with Gasteiger partial charge in [-0.05, 0) is 46.3 Å². The standard InChI is InChI=1S/C13H22N4O2.ClH/c1-10-8-13(19-16-10)15-12(18)9-17(2)11-4-3-6-14-7-5-11;/h8,11,14H,3-7,9H2,1-2H3,(H,15,18);1H. The second-order valence-corrected chi connectivity index (χ2v) is 5.13. The van der Waals surface area contributed by atoms with Gasteiger partial charge in [0.25, 0.3) is 0 Å². The number of likely N-dealkylation sites (N-methyl/N-ethyl adjacent to an activating group) is 1. The molecule has 0 spiro atoms. The first kappa shape index (κ1) is 16.9. The normalized spacial score (nSPS) is 19.2. The molecule has 1 aliphatic heterocycles. The van der Waals surface area contributed by atoms with Gasteiger partial charge in [0.05, 0.1) is 12.2 Å². The summed E-state index contributed by atoms with van der Waals surface area (Å²) in [6, 6.07) is 2.19. The van der Waals surface area contributed by atoms with Gasteiger partial charge in [-0.3, -0.25) is 15.0 Å². The lowest BCUT2D eigenvalue weighted by atomic mass is 10.1. The van der Waals surface area contributed by atoms with Gasteiger partial charge in [-0.25, -0.2) is 0 Å². The summed E-state index contributed by atoms with van der Waals surface area (Å²) in [5.41, 5.74) is 0.762. The molecule has 20 heavy (non-hydrogen) atoms. The Hall–Kier alpha value is -1.11. The zero-order valence-corrected chi connectivity index (χ0v) is 12.8. The van der Waals surface area contributed by atoms with Crippen molar-refractivity contribution >= 4 is 24.2 Å². The maximum atomic E-state index is 11.9. The van der Waals surface area contributed by atoms with Crippen LogP contribution in [0.15, 0.2) is 10.6 Å². The monoisotopic (exact) mass is 302 g/mol. The van der Waals surface area contributed by atoms with E-state index in [-0.39, 0.29) is 18.3 Å². The maximum Gasteiger partial charge on any atom is 0.240 e. The fourth-order valence-corrected chi connectivity index (χ4v) is 2.40. The molecule has 1 unspecified atom stereocenters. The van der Waals surface area contributed by atoms with Crippen molar-refractivity contribution in [2.24, 2.45) is 0 Å². The molecule has 1 aliphatic rings. The average Bonchev–Trinajstić information content (AvgIpc) is 2.64. The van der Waals surface area contributed by atoms with Crippen LogP contribution < -0.4 is 10.6 Å². The van der Waals surface area contributed by atoms with E-state index in [4.69, 9.17) is 4.52 Å². The van der Waals surface area contributed by atoms with Crippen molar-refractivity contribution in [3.8, 4) is 0 Å². The van der Waals surface area contributed by atoms with Gasteiger partial charge in [-0.2, -0.15) is 0 Å². The summed E-state index contributed by atoms with van der Waals surface area (Å²) in [5.74, 6) is 0.356. The molecule has 6 nitrogen and oxygen atoms in total. The molecule has 0 aromatic carbocycles. The number of halogens is 1. The minimum absolute atomic E-state index is 0. The summed E-state index contributed by atoms with van der Waals surface area (Å²) < 4.78 is 4.97. The molecule has 1 saturated heterocycles. The number of aromatic nitrogens is 1. The van der Waals surface area contributed by atoms with E-state index in [0.717, 1.165) is 38.0 Å². The maximum absolute atomic E-state index is 11.9. The quantitative estimate of drug-likeness (QED) is 0.880. The number of hydrogen-bond acceptors (Lipinski definition) is 5. The Morgan fingerprint density at radius 1 is 1.55 bits per heavy atom. The minimum Gasteiger partial charge on any atom is -0.338 e. The molecule has 114 valence electrons. The van der Waals surface area contributed by atoms with Crippen LogP contribution in [0.5, 0.6) is 0 Å². The number of carbonyl (C=O) groups is 1. The van der Waals surface area contributed by atoms with Crippen LogP contribution in [0.4, 0.5) is 5.88 Å². The molecule has 1 amide bonds. The SMILES string of the molecule is Cc1cc(NC(=O)CN(C)C2CCCNCC2)on1.Cl. The summed E-state index contributed by atoms with van der Waals surface area (Å²) in [5, 5.41) is 9.84. The molecule has 1 aromatic heterocycles. The smallest absolute Gasteiger partial charge is 0.240 e. The highest BCUT2D eigenvalue weighted by Crippen LogP contribution is 2.12. The highest BCUT2D eigenvalue weighted by molar-refractivity contribution is 5.90. The summed E-state index contributed by atoms with van der Waals surface area (Å²) in [7, 11) is 2.00. The Morgan fingerprint density at radius 3 is 3.05 bits per heavy atom. The first-order chi connectivity index (χ1) is 9.15. The summed E-state index contributed by atoms with van der Waals surface area (Å²) in [4.78, 5) is 14.0. The number of aryl methyl sites for hydroxylation is 1. The van der Waals surface area contributed by atoms with Crippen LogP contribution in [0.25, 0.3) is 0 Å². The van der Waals surface area contributed by atoms with Gasteiger partial charge in [-0.15, -0.1) is 12.4 Å². The van der Waals surface area contributed by atoms with Gasteiger partial charge in [0.15, 0.2) is 0 Å². The molecule has 1 aromatic rings. The van der Waals surface area contributed by atoms with Crippen molar-refractivity contribution in [3.05, 3.63) is 11.8 Å². The van der Waals surface area contributed by atoms with E-state index >= 15 is 0 Å². The largest absolute Gasteiger partial charge is 0.338 e. The Morgan fingerprint density at radius 2 is 2.35 bits per heavy atom. The number of amides is 1. The molecule has 2 heterocycles. The molecule has 1 atom stereocenters. The van der Waals surface area contributed by atoms with Crippen molar-refractivity contribution in [2.75, 3.05) is 32.0 Å². The van der Waals surface area contributed by atoms with Crippen molar-refractivity contribution in [1.29, 1.82) is 0 Å². The molecule has 0 bridgehead atoms. The van der Waals surface area contributed by atoms with Crippen LogP contribution >= 0.6 is 12.4 Å². The Bertz CT molecular complexity index is 416. The third kappa shape index (κ3) is 5.11. The molecular formula is C13H23ClN4O2. The first-order valence-corrected chi connectivity index (χ1v) is 6.79. The minimum atomic E-state index is -0.0594. The second-order valence-electron chi connectivity index (χ2n) is 5.13. The van der Waals surface area contributed by atoms with E-state index in [1.54, 1.807) is 6.07 Å². The van der Waals surface area contributed by atoms with Crippen LogP contribution in [-0.2, 0) is 4.79 Å². The summed E-state index contributed by atoms with van der Waals surface area (Å²) >= 11 is 0. The highest BCUT2D eigenvalue weighted by atomic mass is 35.5. The number of rotatable bonds is 4. The summed E-state index contributed by atoms with van der Waals surface area (Å²) in [6.45, 7) is 4.31. The zero-order chi connectivity index (χ0) is 13.7. The Balaban J connectivity index is 0.00000200. The van der Waals surface area contributed by atoms with E-state index in [1.165, 1.54) is 0 Å². The van der Waals surface area contributed by atoms with E-state index in [9.17, 15) is 4.79 Å². The van der Waals surface area contributed by atoms with Gasteiger partial charge in [0.2, 0.25) is 11.8 Å². The Labute approximate surface area is 125 Å². The van der Waals surface area contributed by atoms with Crippen LogP contribution in [0.3, 0.4) is 0 Å². The van der Waals surface area contributed by atoms with Gasteiger partial charge in [0.1, 0.15) is 0 Å². The second kappa shape index (κ2) is 8.24. The summed E-state index contributed by atoms with van der Waals surface area (Å²) in [6.07, 6.45) is 3.39. The van der Waals surface area contributed by atoms with Gasteiger partial charge < -0.3 is 9.84 Å². The number of nitrogens with zero attached hydrogens (tertiary/aromatic N) is 2. The van der Waals surface area contributed by atoms with Crippen molar-refractivity contribution in [2.45, 2.75) is 32.2 Å². The molecule has 1 fully saturated rings. The third-order valence-corrected chi connectivity index (χ3v) is 3.45. The van der Waals surface area contributed by atoms with E-state index in [0.29, 0.717) is 18.5 Å².